The van der Waals surface area contributed by atoms with Gasteiger partial charge in [0.15, 0.2) is 5.82 Å². The topological polar surface area (TPSA) is 77.7 Å². The molecule has 0 aliphatic rings. The molecule has 2 rings (SSSR count). The van der Waals surface area contributed by atoms with Crippen LogP contribution in [0.3, 0.4) is 0 Å². The molecule has 0 bridgehead atoms. The molecule has 0 spiro atoms. The van der Waals surface area contributed by atoms with E-state index in [1.165, 1.54) is 0 Å². The number of anilines is 3. The molecule has 0 saturated carbocycles. The first-order valence-electron chi connectivity index (χ1n) is 6.48. The summed E-state index contributed by atoms with van der Waals surface area (Å²) in [5, 5.41) is 19.9. The maximum atomic E-state index is 8.88. The summed E-state index contributed by atoms with van der Waals surface area (Å²) in [6, 6.07) is 9.25. The highest BCUT2D eigenvalue weighted by atomic mass is 15.3. The number of aromatic nitrogens is 3. The van der Waals surface area contributed by atoms with Crippen molar-refractivity contribution in [3.05, 3.63) is 36.0 Å². The molecule has 1 N–H and O–H groups in total. The first kappa shape index (κ1) is 13.7. The Morgan fingerprint density at radius 1 is 1.30 bits per heavy atom. The normalized spacial score (nSPS) is 9.85. The number of hydrogen-bond acceptors (Lipinski definition) is 6. The second kappa shape index (κ2) is 6.48. The van der Waals surface area contributed by atoms with E-state index in [1.54, 1.807) is 18.3 Å². The van der Waals surface area contributed by atoms with Crippen LogP contribution in [-0.4, -0.2) is 28.3 Å². The van der Waals surface area contributed by atoms with Gasteiger partial charge in [-0.15, -0.1) is 5.10 Å². The second-order valence-corrected chi connectivity index (χ2v) is 4.13. The molecule has 0 radical (unpaired) electrons. The van der Waals surface area contributed by atoms with Crippen molar-refractivity contribution in [2.24, 2.45) is 0 Å². The predicted molar refractivity (Wildman–Crippen MR) is 77.8 cm³/mol. The summed E-state index contributed by atoms with van der Waals surface area (Å²) in [5.74, 6) is 1.20. The minimum Gasteiger partial charge on any atom is -0.356 e. The molecule has 0 atom stereocenters. The monoisotopic (exact) mass is 268 g/mol. The minimum atomic E-state index is 0.421. The van der Waals surface area contributed by atoms with Gasteiger partial charge in [-0.3, -0.25) is 0 Å². The Bertz CT molecular complexity index is 615. The van der Waals surface area contributed by atoms with Crippen molar-refractivity contribution in [3.63, 3.8) is 0 Å². The number of benzene rings is 1. The number of nitrogens with one attached hydrogen (secondary N) is 1. The van der Waals surface area contributed by atoms with Gasteiger partial charge in [0.25, 0.3) is 0 Å². The average molecular weight is 268 g/mol. The molecule has 0 saturated heterocycles. The highest BCUT2D eigenvalue weighted by Crippen LogP contribution is 2.16. The maximum Gasteiger partial charge on any atom is 0.249 e. The third-order valence-electron chi connectivity index (χ3n) is 2.88. The SMILES string of the molecule is CCN(CC)c1cnnc(Nc2cccc(C#N)c2)n1. The smallest absolute Gasteiger partial charge is 0.249 e. The van der Waals surface area contributed by atoms with Crippen LogP contribution in [-0.2, 0) is 0 Å². The van der Waals surface area contributed by atoms with Crippen LogP contribution in [0.4, 0.5) is 17.5 Å². The van der Waals surface area contributed by atoms with Crippen LogP contribution in [0.5, 0.6) is 0 Å². The van der Waals surface area contributed by atoms with Crippen LogP contribution in [0, 0.1) is 11.3 Å². The lowest BCUT2D eigenvalue weighted by Crippen LogP contribution is -2.23. The minimum absolute atomic E-state index is 0.421. The summed E-state index contributed by atoms with van der Waals surface area (Å²) in [4.78, 5) is 6.51. The third-order valence-corrected chi connectivity index (χ3v) is 2.88. The van der Waals surface area contributed by atoms with Crippen molar-refractivity contribution in [2.75, 3.05) is 23.3 Å². The van der Waals surface area contributed by atoms with Crippen molar-refractivity contribution < 1.29 is 0 Å². The Hall–Kier alpha value is -2.68. The third kappa shape index (κ3) is 3.20. The molecule has 0 unspecified atom stereocenters. The lowest BCUT2D eigenvalue weighted by atomic mass is 10.2. The molecule has 1 aromatic carbocycles. The number of nitrogens with zero attached hydrogens (tertiary/aromatic N) is 5. The van der Waals surface area contributed by atoms with Gasteiger partial charge in [0.2, 0.25) is 5.95 Å². The Morgan fingerprint density at radius 3 is 2.80 bits per heavy atom. The van der Waals surface area contributed by atoms with Crippen molar-refractivity contribution >= 4 is 17.5 Å². The van der Waals surface area contributed by atoms with Gasteiger partial charge in [0.05, 0.1) is 17.8 Å². The maximum absolute atomic E-state index is 8.88. The lowest BCUT2D eigenvalue weighted by Gasteiger charge is -2.19. The van der Waals surface area contributed by atoms with Gasteiger partial charge in [-0.2, -0.15) is 15.3 Å². The zero-order chi connectivity index (χ0) is 14.4. The Kier molecular flexibility index (Phi) is 4.45. The molecule has 0 aliphatic carbocycles. The molecule has 0 fully saturated rings. The average Bonchev–Trinajstić information content (AvgIpc) is 2.49. The molecule has 2 aromatic rings. The molecule has 1 aromatic heterocycles. The van der Waals surface area contributed by atoms with Gasteiger partial charge < -0.3 is 10.2 Å². The summed E-state index contributed by atoms with van der Waals surface area (Å²) >= 11 is 0. The fourth-order valence-electron chi connectivity index (χ4n) is 1.84. The van der Waals surface area contributed by atoms with Gasteiger partial charge in [0.1, 0.15) is 0 Å². The molecule has 0 amide bonds. The Labute approximate surface area is 118 Å². The van der Waals surface area contributed by atoms with E-state index in [0.717, 1.165) is 24.6 Å². The van der Waals surface area contributed by atoms with Crippen LogP contribution >= 0.6 is 0 Å². The van der Waals surface area contributed by atoms with Gasteiger partial charge in [0, 0.05) is 18.8 Å². The van der Waals surface area contributed by atoms with E-state index in [4.69, 9.17) is 5.26 Å². The zero-order valence-electron chi connectivity index (χ0n) is 11.5. The van der Waals surface area contributed by atoms with Gasteiger partial charge in [-0.25, -0.2) is 0 Å². The number of nitriles is 1. The van der Waals surface area contributed by atoms with Crippen molar-refractivity contribution in [3.8, 4) is 6.07 Å². The largest absolute Gasteiger partial charge is 0.356 e. The van der Waals surface area contributed by atoms with Gasteiger partial charge in [-0.1, -0.05) is 6.07 Å². The fraction of sp³-hybridized carbons (Fsp3) is 0.286. The summed E-state index contributed by atoms with van der Waals surface area (Å²) < 4.78 is 0. The lowest BCUT2D eigenvalue weighted by molar-refractivity contribution is 0.826. The van der Waals surface area contributed by atoms with E-state index < -0.39 is 0 Å². The van der Waals surface area contributed by atoms with E-state index >= 15 is 0 Å². The Morgan fingerprint density at radius 2 is 2.10 bits per heavy atom. The van der Waals surface area contributed by atoms with Crippen LogP contribution in [0.2, 0.25) is 0 Å². The van der Waals surface area contributed by atoms with Crippen molar-refractivity contribution in [1.82, 2.24) is 15.2 Å². The van der Waals surface area contributed by atoms with E-state index in [0.29, 0.717) is 11.5 Å². The van der Waals surface area contributed by atoms with Gasteiger partial charge in [-0.05, 0) is 32.0 Å². The highest BCUT2D eigenvalue weighted by Gasteiger charge is 2.06. The predicted octanol–water partition coefficient (Wildman–Crippen LogP) is 2.33. The second-order valence-electron chi connectivity index (χ2n) is 4.13. The molecule has 102 valence electrons. The van der Waals surface area contributed by atoms with E-state index in [2.05, 4.69) is 45.3 Å². The fourth-order valence-corrected chi connectivity index (χ4v) is 1.84. The van der Waals surface area contributed by atoms with Gasteiger partial charge >= 0.3 is 0 Å². The number of hydrogen-bond donors (Lipinski definition) is 1. The van der Waals surface area contributed by atoms with Crippen LogP contribution in [0.15, 0.2) is 30.5 Å². The van der Waals surface area contributed by atoms with Crippen LogP contribution in [0.1, 0.15) is 19.4 Å². The first-order chi connectivity index (χ1) is 9.76. The van der Waals surface area contributed by atoms with E-state index in [1.807, 2.05) is 12.1 Å². The number of rotatable bonds is 5. The zero-order valence-corrected chi connectivity index (χ0v) is 11.5. The summed E-state index contributed by atoms with van der Waals surface area (Å²) in [6.07, 6.45) is 1.64. The van der Waals surface area contributed by atoms with E-state index in [9.17, 15) is 0 Å². The summed E-state index contributed by atoms with van der Waals surface area (Å²) in [5.41, 5.74) is 1.35. The molecular formula is C14H16N6. The standard InChI is InChI=1S/C14H16N6/c1-3-20(4-2)13-10-16-19-14(18-13)17-12-7-5-6-11(8-12)9-15/h5-8,10H,3-4H2,1-2H3,(H,17,18,19). The molecule has 1 heterocycles. The van der Waals surface area contributed by atoms with E-state index in [-0.39, 0.29) is 0 Å². The molecule has 20 heavy (non-hydrogen) atoms. The Balaban J connectivity index is 2.21. The molecular weight excluding hydrogens is 252 g/mol. The summed E-state index contributed by atoms with van der Waals surface area (Å²) in [7, 11) is 0. The van der Waals surface area contributed by atoms with Crippen molar-refractivity contribution in [1.29, 1.82) is 5.26 Å². The highest BCUT2D eigenvalue weighted by molar-refractivity contribution is 5.57. The van der Waals surface area contributed by atoms with Crippen molar-refractivity contribution in [2.45, 2.75) is 13.8 Å². The quantitative estimate of drug-likeness (QED) is 0.896. The first-order valence-corrected chi connectivity index (χ1v) is 6.48. The molecule has 6 nitrogen and oxygen atoms in total. The molecule has 0 aliphatic heterocycles. The van der Waals surface area contributed by atoms with Crippen LogP contribution in [0.25, 0.3) is 0 Å². The van der Waals surface area contributed by atoms with Crippen LogP contribution < -0.4 is 10.2 Å². The summed E-state index contributed by atoms with van der Waals surface area (Å²) in [6.45, 7) is 5.85. The molecule has 6 heteroatoms.